The van der Waals surface area contributed by atoms with Gasteiger partial charge < -0.3 is 10.2 Å². The Morgan fingerprint density at radius 1 is 1.48 bits per heavy atom. The van der Waals surface area contributed by atoms with E-state index in [9.17, 15) is 0 Å². The Morgan fingerprint density at radius 2 is 2.19 bits per heavy atom. The minimum absolute atomic E-state index is 0.245. The maximum atomic E-state index is 6.45. The monoisotopic (exact) mass is 348 g/mol. The van der Waals surface area contributed by atoms with Gasteiger partial charge in [0.2, 0.25) is 0 Å². The highest BCUT2D eigenvalue weighted by molar-refractivity contribution is 8.07. The standard InChI is InChI=1S/C14H25ClN4S2/c1-10-14(21-8-7-20-10)12(16-2)13-11(15)9-17-19(13)6-5-18(3)4/h9-10,12,14,16H,5-8H2,1-4H3. The van der Waals surface area contributed by atoms with Crippen molar-refractivity contribution in [2.75, 3.05) is 39.2 Å². The second kappa shape index (κ2) is 8.11. The van der Waals surface area contributed by atoms with Crippen molar-refractivity contribution in [3.63, 3.8) is 0 Å². The van der Waals surface area contributed by atoms with Crippen LogP contribution in [-0.2, 0) is 6.54 Å². The zero-order chi connectivity index (χ0) is 15.4. The van der Waals surface area contributed by atoms with Crippen LogP contribution in [0.1, 0.15) is 18.7 Å². The molecule has 0 radical (unpaired) electrons. The van der Waals surface area contributed by atoms with Gasteiger partial charge in [-0.15, -0.1) is 0 Å². The molecule has 1 N–H and O–H groups in total. The summed E-state index contributed by atoms with van der Waals surface area (Å²) in [5.74, 6) is 2.45. The molecule has 4 nitrogen and oxygen atoms in total. The summed E-state index contributed by atoms with van der Waals surface area (Å²) in [5, 5.41) is 9.88. The summed E-state index contributed by atoms with van der Waals surface area (Å²) < 4.78 is 2.07. The van der Waals surface area contributed by atoms with Crippen molar-refractivity contribution in [2.45, 2.75) is 30.0 Å². The second-order valence-corrected chi connectivity index (χ2v) is 8.76. The molecule has 0 aliphatic carbocycles. The van der Waals surface area contributed by atoms with E-state index in [1.54, 1.807) is 6.20 Å². The average molecular weight is 349 g/mol. The van der Waals surface area contributed by atoms with E-state index in [0.717, 1.165) is 23.8 Å². The maximum Gasteiger partial charge on any atom is 0.0834 e. The van der Waals surface area contributed by atoms with E-state index in [1.807, 2.05) is 7.05 Å². The molecule has 0 bridgehead atoms. The van der Waals surface area contributed by atoms with Gasteiger partial charge >= 0.3 is 0 Å². The smallest absolute Gasteiger partial charge is 0.0834 e. The third-order valence-electron chi connectivity index (χ3n) is 3.76. The summed E-state index contributed by atoms with van der Waals surface area (Å²) in [4.78, 5) is 2.17. The summed E-state index contributed by atoms with van der Waals surface area (Å²) in [6.07, 6.45) is 1.78. The van der Waals surface area contributed by atoms with Gasteiger partial charge in [-0.05, 0) is 21.1 Å². The van der Waals surface area contributed by atoms with E-state index in [-0.39, 0.29) is 6.04 Å². The zero-order valence-corrected chi connectivity index (χ0v) is 15.6. The largest absolute Gasteiger partial charge is 0.311 e. The van der Waals surface area contributed by atoms with Gasteiger partial charge in [0.05, 0.1) is 29.5 Å². The Labute approximate surface area is 141 Å². The lowest BCUT2D eigenvalue weighted by Gasteiger charge is -2.34. The van der Waals surface area contributed by atoms with E-state index in [4.69, 9.17) is 11.6 Å². The molecule has 2 rings (SSSR count). The van der Waals surface area contributed by atoms with Crippen LogP contribution in [0.2, 0.25) is 5.02 Å². The third kappa shape index (κ3) is 4.32. The first-order chi connectivity index (χ1) is 10.0. The Morgan fingerprint density at radius 3 is 2.81 bits per heavy atom. The summed E-state index contributed by atoms with van der Waals surface area (Å²) in [7, 11) is 6.18. The molecule has 7 heteroatoms. The van der Waals surface area contributed by atoms with E-state index in [2.05, 4.69) is 64.5 Å². The molecule has 120 valence electrons. The van der Waals surface area contributed by atoms with Gasteiger partial charge in [-0.3, -0.25) is 4.68 Å². The van der Waals surface area contributed by atoms with Crippen LogP contribution in [0.25, 0.3) is 0 Å². The highest BCUT2D eigenvalue weighted by Gasteiger charge is 2.33. The molecule has 3 unspecified atom stereocenters. The van der Waals surface area contributed by atoms with Crippen molar-refractivity contribution in [3.8, 4) is 0 Å². The molecular formula is C14H25ClN4S2. The Bertz CT molecular complexity index is 452. The Hall–Kier alpha value is 0.120. The number of hydrogen-bond donors (Lipinski definition) is 1. The van der Waals surface area contributed by atoms with Crippen LogP contribution >= 0.6 is 35.1 Å². The molecule has 0 spiro atoms. The molecule has 1 aromatic rings. The predicted molar refractivity (Wildman–Crippen MR) is 95.8 cm³/mol. The molecule has 1 aliphatic heterocycles. The number of hydrogen-bond acceptors (Lipinski definition) is 5. The highest BCUT2D eigenvalue weighted by Crippen LogP contribution is 2.40. The quantitative estimate of drug-likeness (QED) is 0.854. The third-order valence-corrected chi connectivity index (χ3v) is 7.25. The zero-order valence-electron chi connectivity index (χ0n) is 13.2. The van der Waals surface area contributed by atoms with Gasteiger partial charge in [0.1, 0.15) is 0 Å². The van der Waals surface area contributed by atoms with Crippen LogP contribution < -0.4 is 5.32 Å². The molecule has 0 aromatic carbocycles. The number of nitrogens with zero attached hydrogens (tertiary/aromatic N) is 3. The van der Waals surface area contributed by atoms with Crippen molar-refractivity contribution in [1.82, 2.24) is 20.0 Å². The summed E-state index contributed by atoms with van der Waals surface area (Å²) in [6.45, 7) is 4.15. The first kappa shape index (κ1) is 17.5. The fraction of sp³-hybridized carbons (Fsp3) is 0.786. The Balaban J connectivity index is 2.22. The summed E-state index contributed by atoms with van der Waals surface area (Å²) in [5.41, 5.74) is 1.13. The Kier molecular flexibility index (Phi) is 6.75. The maximum absolute atomic E-state index is 6.45. The first-order valence-corrected chi connectivity index (χ1v) is 9.78. The van der Waals surface area contributed by atoms with E-state index >= 15 is 0 Å². The molecule has 1 fully saturated rings. The number of likely N-dealkylation sites (N-methyl/N-ethyl adjacent to an activating group) is 1. The minimum atomic E-state index is 0.245. The molecule has 21 heavy (non-hydrogen) atoms. The first-order valence-electron chi connectivity index (χ1n) is 7.31. The van der Waals surface area contributed by atoms with E-state index < -0.39 is 0 Å². The SMILES string of the molecule is CNC(c1c(Cl)cnn1CCN(C)C)C1SCCSC1C. The number of halogens is 1. The van der Waals surface area contributed by atoms with E-state index in [0.29, 0.717) is 10.5 Å². The fourth-order valence-electron chi connectivity index (χ4n) is 2.63. The fourth-order valence-corrected chi connectivity index (χ4v) is 5.85. The van der Waals surface area contributed by atoms with Gasteiger partial charge in [-0.1, -0.05) is 18.5 Å². The van der Waals surface area contributed by atoms with Crippen molar-refractivity contribution in [1.29, 1.82) is 0 Å². The minimum Gasteiger partial charge on any atom is -0.311 e. The van der Waals surface area contributed by atoms with Crippen molar-refractivity contribution >= 4 is 35.1 Å². The molecule has 1 aromatic heterocycles. The number of rotatable bonds is 6. The lowest BCUT2D eigenvalue weighted by Crippen LogP contribution is -2.38. The topological polar surface area (TPSA) is 33.1 Å². The molecule has 2 heterocycles. The number of aromatic nitrogens is 2. The normalized spacial score (nSPS) is 24.5. The summed E-state index contributed by atoms with van der Waals surface area (Å²) >= 11 is 10.6. The highest BCUT2D eigenvalue weighted by atomic mass is 35.5. The molecule has 0 saturated carbocycles. The molecule has 1 aliphatic rings. The van der Waals surface area contributed by atoms with Gasteiger partial charge in [0, 0.05) is 28.6 Å². The van der Waals surface area contributed by atoms with Gasteiger partial charge in [-0.2, -0.15) is 28.6 Å². The summed E-state index contributed by atoms with van der Waals surface area (Å²) in [6, 6.07) is 0.245. The van der Waals surface area contributed by atoms with Crippen LogP contribution in [0.4, 0.5) is 0 Å². The average Bonchev–Trinajstić information content (AvgIpc) is 2.81. The van der Waals surface area contributed by atoms with Gasteiger partial charge in [0.15, 0.2) is 0 Å². The van der Waals surface area contributed by atoms with Crippen LogP contribution in [0.15, 0.2) is 6.20 Å². The van der Waals surface area contributed by atoms with Crippen LogP contribution in [0.3, 0.4) is 0 Å². The van der Waals surface area contributed by atoms with Crippen molar-refractivity contribution in [2.24, 2.45) is 0 Å². The van der Waals surface area contributed by atoms with Crippen LogP contribution in [0.5, 0.6) is 0 Å². The van der Waals surface area contributed by atoms with E-state index in [1.165, 1.54) is 11.5 Å². The second-order valence-electron chi connectivity index (χ2n) is 5.58. The van der Waals surface area contributed by atoms with Crippen LogP contribution in [0, 0.1) is 0 Å². The molecule has 1 saturated heterocycles. The van der Waals surface area contributed by atoms with Crippen LogP contribution in [-0.4, -0.2) is 64.4 Å². The molecule has 0 amide bonds. The molecule has 3 atom stereocenters. The predicted octanol–water partition coefficient (Wildman–Crippen LogP) is 2.60. The van der Waals surface area contributed by atoms with Gasteiger partial charge in [0.25, 0.3) is 0 Å². The van der Waals surface area contributed by atoms with Crippen molar-refractivity contribution < 1.29 is 0 Å². The van der Waals surface area contributed by atoms with Crippen molar-refractivity contribution in [3.05, 3.63) is 16.9 Å². The number of thioether (sulfide) groups is 2. The lowest BCUT2D eigenvalue weighted by molar-refractivity contribution is 0.362. The lowest BCUT2D eigenvalue weighted by atomic mass is 10.1. The number of nitrogens with one attached hydrogen (secondary N) is 1. The molecular weight excluding hydrogens is 324 g/mol. The van der Waals surface area contributed by atoms with Gasteiger partial charge in [-0.25, -0.2) is 0 Å².